The van der Waals surface area contributed by atoms with Crippen molar-refractivity contribution in [2.45, 2.75) is 129 Å². The van der Waals surface area contributed by atoms with Gasteiger partial charge in [-0.25, -0.2) is 0 Å². The molecule has 1 unspecified atom stereocenters. The first kappa shape index (κ1) is 25.8. The van der Waals surface area contributed by atoms with Gasteiger partial charge in [0.15, 0.2) is 0 Å². The van der Waals surface area contributed by atoms with E-state index in [9.17, 15) is 0 Å². The van der Waals surface area contributed by atoms with Crippen LogP contribution in [0, 0.1) is 0 Å². The van der Waals surface area contributed by atoms with Crippen LogP contribution in [0.5, 0.6) is 0 Å². The van der Waals surface area contributed by atoms with Crippen LogP contribution in [0.4, 0.5) is 5.69 Å². The monoisotopic (exact) mass is 426 g/mol. The Hall–Kier alpha value is -1.44. The summed E-state index contributed by atoms with van der Waals surface area (Å²) in [6.45, 7) is 5.80. The molecule has 1 aromatic carbocycles. The molecular weight excluding hydrogens is 376 g/mol. The molecule has 2 heteroatoms. The predicted octanol–water partition coefficient (Wildman–Crippen LogP) is 9.28. The largest absolute Gasteiger partial charge is 0.356 e. The minimum Gasteiger partial charge on any atom is -0.356 e. The van der Waals surface area contributed by atoms with E-state index in [1.54, 1.807) is 0 Å². The molecule has 0 N–H and O–H groups in total. The molecule has 0 aliphatic carbocycles. The van der Waals surface area contributed by atoms with Crippen LogP contribution >= 0.6 is 0 Å². The smallest absolute Gasteiger partial charge is 0.105 e. The summed E-state index contributed by atoms with van der Waals surface area (Å²) in [5, 5.41) is 0. The minimum atomic E-state index is 0.504. The van der Waals surface area contributed by atoms with Crippen LogP contribution in [0.25, 0.3) is 0 Å². The molecule has 0 amide bonds. The van der Waals surface area contributed by atoms with Gasteiger partial charge < -0.3 is 9.80 Å². The van der Waals surface area contributed by atoms with Crippen molar-refractivity contribution in [2.75, 3.05) is 11.4 Å². The first-order valence-corrected chi connectivity index (χ1v) is 13.6. The van der Waals surface area contributed by atoms with Crippen molar-refractivity contribution in [2.24, 2.45) is 0 Å². The van der Waals surface area contributed by atoms with Gasteiger partial charge in [0.2, 0.25) is 0 Å². The van der Waals surface area contributed by atoms with Gasteiger partial charge in [-0.2, -0.15) is 0 Å². The van der Waals surface area contributed by atoms with Gasteiger partial charge in [0.1, 0.15) is 6.17 Å². The highest BCUT2D eigenvalue weighted by Gasteiger charge is 2.26. The quantitative estimate of drug-likeness (QED) is 0.203. The standard InChI is InChI=1S/C29H50N2/c1-3-5-7-8-9-10-11-12-13-14-15-16-17-21-25-30-26-27-31(29(30)24-6-4-2)28-22-19-18-20-23-28/h18-20,22-23,26-27,29H,3-17,21,24-25H2,1-2H3. The van der Waals surface area contributed by atoms with Gasteiger partial charge in [-0.05, 0) is 31.4 Å². The lowest BCUT2D eigenvalue weighted by Crippen LogP contribution is -2.39. The van der Waals surface area contributed by atoms with E-state index in [2.05, 4.69) is 66.4 Å². The Morgan fingerprint density at radius 3 is 1.65 bits per heavy atom. The van der Waals surface area contributed by atoms with Crippen molar-refractivity contribution in [1.29, 1.82) is 0 Å². The van der Waals surface area contributed by atoms with Gasteiger partial charge in [-0.3, -0.25) is 0 Å². The first-order chi connectivity index (χ1) is 15.4. The Morgan fingerprint density at radius 2 is 1.10 bits per heavy atom. The third kappa shape index (κ3) is 10.6. The van der Waals surface area contributed by atoms with Gasteiger partial charge in [-0.1, -0.05) is 122 Å². The molecule has 0 fully saturated rings. The highest BCUT2D eigenvalue weighted by atomic mass is 15.4. The van der Waals surface area contributed by atoms with Crippen LogP contribution in [0.15, 0.2) is 42.7 Å². The van der Waals surface area contributed by atoms with Crippen molar-refractivity contribution in [3.8, 4) is 0 Å². The van der Waals surface area contributed by atoms with Crippen molar-refractivity contribution < 1.29 is 0 Å². The Labute approximate surface area is 194 Å². The second-order valence-corrected chi connectivity index (χ2v) is 9.50. The average molecular weight is 427 g/mol. The summed E-state index contributed by atoms with van der Waals surface area (Å²) in [7, 11) is 0. The number of anilines is 1. The maximum atomic E-state index is 2.59. The van der Waals surface area contributed by atoms with Crippen molar-refractivity contribution in [1.82, 2.24) is 4.90 Å². The number of para-hydroxylation sites is 1. The fourth-order valence-electron chi connectivity index (χ4n) is 4.78. The van der Waals surface area contributed by atoms with Gasteiger partial charge in [0.25, 0.3) is 0 Å². The van der Waals surface area contributed by atoms with E-state index >= 15 is 0 Å². The zero-order valence-electron chi connectivity index (χ0n) is 20.7. The summed E-state index contributed by atoms with van der Waals surface area (Å²) in [6, 6.07) is 10.9. The van der Waals surface area contributed by atoms with E-state index in [4.69, 9.17) is 0 Å². The predicted molar refractivity (Wildman–Crippen MR) is 138 cm³/mol. The molecule has 2 nitrogen and oxygen atoms in total. The summed E-state index contributed by atoms with van der Waals surface area (Å²) < 4.78 is 0. The second kappa shape index (κ2) is 17.2. The summed E-state index contributed by atoms with van der Waals surface area (Å²) in [5.41, 5.74) is 1.32. The molecule has 0 spiro atoms. The van der Waals surface area contributed by atoms with Crippen molar-refractivity contribution in [3.63, 3.8) is 0 Å². The van der Waals surface area contributed by atoms with Crippen LogP contribution in [-0.4, -0.2) is 17.6 Å². The van der Waals surface area contributed by atoms with E-state index in [-0.39, 0.29) is 0 Å². The SMILES string of the molecule is CCCCCCCCCCCCCCCCN1C=CN(c2ccccc2)C1CCCC. The molecular formula is C29H50N2. The first-order valence-electron chi connectivity index (χ1n) is 13.6. The number of hydrogen-bond acceptors (Lipinski definition) is 2. The van der Waals surface area contributed by atoms with Crippen LogP contribution in [-0.2, 0) is 0 Å². The number of benzene rings is 1. The molecule has 176 valence electrons. The summed E-state index contributed by atoms with van der Waals surface area (Å²) in [5.74, 6) is 0. The molecule has 1 aliphatic rings. The van der Waals surface area contributed by atoms with Crippen molar-refractivity contribution in [3.05, 3.63) is 42.7 Å². The zero-order valence-corrected chi connectivity index (χ0v) is 20.7. The highest BCUT2D eigenvalue weighted by molar-refractivity contribution is 5.51. The zero-order chi connectivity index (χ0) is 22.0. The molecule has 1 atom stereocenters. The number of unbranched alkanes of at least 4 members (excludes halogenated alkanes) is 14. The van der Waals surface area contributed by atoms with Crippen LogP contribution in [0.2, 0.25) is 0 Å². The van der Waals surface area contributed by atoms with Crippen LogP contribution < -0.4 is 4.90 Å². The van der Waals surface area contributed by atoms with Crippen LogP contribution in [0.3, 0.4) is 0 Å². The Kier molecular flexibility index (Phi) is 14.3. The minimum absolute atomic E-state index is 0.504. The van der Waals surface area contributed by atoms with E-state index in [1.807, 2.05) is 0 Å². The molecule has 2 rings (SSSR count). The lowest BCUT2D eigenvalue weighted by atomic mass is 10.0. The van der Waals surface area contributed by atoms with Crippen LogP contribution in [0.1, 0.15) is 123 Å². The number of nitrogens with zero attached hydrogens (tertiary/aromatic N) is 2. The topological polar surface area (TPSA) is 6.48 Å². The van der Waals surface area contributed by atoms with E-state index in [0.29, 0.717) is 6.17 Å². The lowest BCUT2D eigenvalue weighted by molar-refractivity contribution is 0.274. The fraction of sp³-hybridized carbons (Fsp3) is 0.724. The Balaban J connectivity index is 1.51. The number of rotatable bonds is 19. The fourth-order valence-corrected chi connectivity index (χ4v) is 4.78. The molecule has 0 saturated carbocycles. The normalized spacial score (nSPS) is 15.9. The van der Waals surface area contributed by atoms with E-state index in [0.717, 1.165) is 0 Å². The summed E-state index contributed by atoms with van der Waals surface area (Å²) in [4.78, 5) is 5.06. The van der Waals surface area contributed by atoms with Crippen molar-refractivity contribution >= 4 is 5.69 Å². The second-order valence-electron chi connectivity index (χ2n) is 9.50. The molecule has 1 aliphatic heterocycles. The average Bonchev–Trinajstić information content (AvgIpc) is 3.21. The molecule has 31 heavy (non-hydrogen) atoms. The highest BCUT2D eigenvalue weighted by Crippen LogP contribution is 2.28. The summed E-state index contributed by atoms with van der Waals surface area (Å²) in [6.07, 6.45) is 28.9. The molecule has 0 bridgehead atoms. The molecule has 0 radical (unpaired) electrons. The van der Waals surface area contributed by atoms with Gasteiger partial charge in [-0.15, -0.1) is 0 Å². The number of hydrogen-bond donors (Lipinski definition) is 0. The molecule has 1 heterocycles. The summed E-state index contributed by atoms with van der Waals surface area (Å²) >= 11 is 0. The third-order valence-corrected chi connectivity index (χ3v) is 6.76. The molecule has 0 aromatic heterocycles. The maximum Gasteiger partial charge on any atom is 0.105 e. The third-order valence-electron chi connectivity index (χ3n) is 6.76. The Bertz CT molecular complexity index is 553. The van der Waals surface area contributed by atoms with Gasteiger partial charge in [0.05, 0.1) is 0 Å². The lowest BCUT2D eigenvalue weighted by Gasteiger charge is -2.33. The molecule has 1 aromatic rings. The van der Waals surface area contributed by atoms with E-state index in [1.165, 1.54) is 121 Å². The molecule has 0 saturated heterocycles. The maximum absolute atomic E-state index is 2.59. The van der Waals surface area contributed by atoms with E-state index < -0.39 is 0 Å². The Morgan fingerprint density at radius 1 is 0.581 bits per heavy atom. The van der Waals surface area contributed by atoms with Gasteiger partial charge in [0, 0.05) is 24.6 Å². The van der Waals surface area contributed by atoms with Gasteiger partial charge >= 0.3 is 0 Å².